The van der Waals surface area contributed by atoms with E-state index in [4.69, 9.17) is 4.55 Å². The van der Waals surface area contributed by atoms with Gasteiger partial charge in [0, 0.05) is 13.6 Å². The summed E-state index contributed by atoms with van der Waals surface area (Å²) in [5, 5.41) is 0. The Bertz CT molecular complexity index is 546. The number of hydrogen-bond donors (Lipinski definition) is 1. The van der Waals surface area contributed by atoms with Crippen molar-refractivity contribution in [1.82, 2.24) is 4.90 Å². The van der Waals surface area contributed by atoms with Gasteiger partial charge in [-0.3, -0.25) is 9.35 Å². The smallest absolute Gasteiger partial charge is 0.266 e. The molecule has 31 heavy (non-hydrogen) atoms. The van der Waals surface area contributed by atoms with Gasteiger partial charge in [0.25, 0.3) is 10.1 Å². The molecule has 184 valence electrons. The summed E-state index contributed by atoms with van der Waals surface area (Å²) in [5.74, 6) is -0.655. The van der Waals surface area contributed by atoms with Crippen molar-refractivity contribution in [2.45, 2.75) is 122 Å². The van der Waals surface area contributed by atoms with E-state index in [1.807, 2.05) is 6.08 Å². The highest BCUT2D eigenvalue weighted by molar-refractivity contribution is 7.85. The molecule has 0 bridgehead atoms. The first-order valence-electron chi connectivity index (χ1n) is 12.7. The van der Waals surface area contributed by atoms with Crippen LogP contribution in [-0.4, -0.2) is 43.1 Å². The van der Waals surface area contributed by atoms with Crippen LogP contribution in [0.3, 0.4) is 0 Å². The molecule has 1 N–H and O–H groups in total. The molecule has 0 saturated carbocycles. The van der Waals surface area contributed by atoms with Crippen LogP contribution in [0.4, 0.5) is 0 Å². The van der Waals surface area contributed by atoms with Crippen molar-refractivity contribution >= 4 is 16.0 Å². The third kappa shape index (κ3) is 23.6. The van der Waals surface area contributed by atoms with Gasteiger partial charge in [0.05, 0.1) is 5.75 Å². The number of carbonyl (C=O) groups excluding carboxylic acids is 1. The number of carbonyl (C=O) groups is 1. The first-order valence-corrected chi connectivity index (χ1v) is 14.3. The molecule has 0 aliphatic carbocycles. The van der Waals surface area contributed by atoms with Gasteiger partial charge in [-0.25, -0.2) is 0 Å². The molecule has 0 saturated heterocycles. The van der Waals surface area contributed by atoms with Crippen LogP contribution in [0.2, 0.25) is 0 Å². The highest BCUT2D eigenvalue weighted by Crippen LogP contribution is 2.14. The Balaban J connectivity index is 3.34. The van der Waals surface area contributed by atoms with E-state index >= 15 is 0 Å². The van der Waals surface area contributed by atoms with Crippen molar-refractivity contribution in [3.05, 3.63) is 12.2 Å². The van der Waals surface area contributed by atoms with Gasteiger partial charge in [-0.15, -0.1) is 0 Å². The van der Waals surface area contributed by atoms with Gasteiger partial charge in [-0.2, -0.15) is 8.42 Å². The van der Waals surface area contributed by atoms with Crippen molar-refractivity contribution in [1.29, 1.82) is 0 Å². The second kappa shape index (κ2) is 21.0. The van der Waals surface area contributed by atoms with Crippen molar-refractivity contribution in [2.24, 2.45) is 0 Å². The number of likely N-dealkylation sites (N-methyl/N-ethyl adjacent to an activating group) is 1. The van der Waals surface area contributed by atoms with Gasteiger partial charge >= 0.3 is 0 Å². The lowest BCUT2D eigenvalue weighted by molar-refractivity contribution is -0.124. The lowest BCUT2D eigenvalue weighted by atomic mass is 10.0. The maximum absolute atomic E-state index is 11.8. The molecule has 0 heterocycles. The average Bonchev–Trinajstić information content (AvgIpc) is 2.72. The van der Waals surface area contributed by atoms with Crippen LogP contribution in [0.5, 0.6) is 0 Å². The van der Waals surface area contributed by atoms with Crippen LogP contribution >= 0.6 is 0 Å². The topological polar surface area (TPSA) is 74.7 Å². The van der Waals surface area contributed by atoms with E-state index in [2.05, 4.69) is 6.92 Å². The summed E-state index contributed by atoms with van der Waals surface area (Å²) in [6.45, 7) is 2.27. The standard InChI is InChI=1S/C25H49NO4S/c1-3-4-5-6-7-8-9-10-11-12-13-14-15-16-17-18-19-20-21-22-25(27)26(2)23-24-31(28,29)30/h21-22H,3-20,23-24H2,1-2H3,(H,28,29,30). The summed E-state index contributed by atoms with van der Waals surface area (Å²) in [4.78, 5) is 13.1. The van der Waals surface area contributed by atoms with Gasteiger partial charge in [-0.1, -0.05) is 116 Å². The maximum atomic E-state index is 11.8. The van der Waals surface area contributed by atoms with Crippen LogP contribution < -0.4 is 0 Å². The van der Waals surface area contributed by atoms with Gasteiger partial charge < -0.3 is 4.90 Å². The number of hydrogen-bond acceptors (Lipinski definition) is 3. The van der Waals surface area contributed by atoms with Crippen LogP contribution in [0, 0.1) is 0 Å². The monoisotopic (exact) mass is 459 g/mol. The Morgan fingerprint density at radius 3 is 1.52 bits per heavy atom. The molecule has 0 unspecified atom stereocenters. The Kier molecular flexibility index (Phi) is 20.4. The summed E-state index contributed by atoms with van der Waals surface area (Å²) < 4.78 is 30.1. The predicted octanol–water partition coefficient (Wildman–Crippen LogP) is 6.93. The third-order valence-electron chi connectivity index (χ3n) is 5.80. The average molecular weight is 460 g/mol. The highest BCUT2D eigenvalue weighted by Gasteiger charge is 2.10. The second-order valence-corrected chi connectivity index (χ2v) is 10.5. The molecule has 0 aromatic carbocycles. The maximum Gasteiger partial charge on any atom is 0.266 e. The lowest BCUT2D eigenvalue weighted by Crippen LogP contribution is -2.30. The van der Waals surface area contributed by atoms with E-state index in [1.165, 1.54) is 121 Å². The molecule has 5 nitrogen and oxygen atoms in total. The van der Waals surface area contributed by atoms with E-state index in [0.717, 1.165) is 12.8 Å². The number of unbranched alkanes of at least 4 members (excludes halogenated alkanes) is 17. The molecule has 0 aromatic rings. The molecule has 0 radical (unpaired) electrons. The molecule has 0 spiro atoms. The van der Waals surface area contributed by atoms with Crippen LogP contribution in [-0.2, 0) is 14.9 Å². The lowest BCUT2D eigenvalue weighted by Gasteiger charge is -2.13. The van der Waals surface area contributed by atoms with E-state index in [0.29, 0.717) is 0 Å². The Labute approximate surface area is 192 Å². The molecule has 0 fully saturated rings. The van der Waals surface area contributed by atoms with Crippen LogP contribution in [0.15, 0.2) is 12.2 Å². The SMILES string of the molecule is CCCCCCCCCCCCCCCCCCCC=CC(=O)N(C)CCS(=O)(=O)O. The summed E-state index contributed by atoms with van der Waals surface area (Å²) >= 11 is 0. The fourth-order valence-corrected chi connectivity index (χ4v) is 4.17. The van der Waals surface area contributed by atoms with E-state index in [-0.39, 0.29) is 12.5 Å². The minimum Gasteiger partial charge on any atom is -0.341 e. The number of nitrogens with zero attached hydrogens (tertiary/aromatic N) is 1. The van der Waals surface area contributed by atoms with Gasteiger partial charge in [0.1, 0.15) is 0 Å². The van der Waals surface area contributed by atoms with Crippen molar-refractivity contribution in [2.75, 3.05) is 19.3 Å². The fourth-order valence-electron chi connectivity index (χ4n) is 3.66. The number of rotatable bonds is 22. The molecular formula is C25H49NO4S. The minimum absolute atomic E-state index is 0.00112. The van der Waals surface area contributed by atoms with Gasteiger partial charge in [-0.05, 0) is 18.9 Å². The first kappa shape index (κ1) is 30.1. The zero-order valence-electron chi connectivity index (χ0n) is 20.3. The number of amides is 1. The van der Waals surface area contributed by atoms with Gasteiger partial charge in [0.2, 0.25) is 5.91 Å². The summed E-state index contributed by atoms with van der Waals surface area (Å²) in [6, 6.07) is 0. The zero-order chi connectivity index (χ0) is 23.2. The molecule has 0 aliphatic rings. The first-order chi connectivity index (χ1) is 14.9. The Morgan fingerprint density at radius 2 is 1.13 bits per heavy atom. The third-order valence-corrected chi connectivity index (χ3v) is 6.49. The summed E-state index contributed by atoms with van der Waals surface area (Å²) in [6.07, 6.45) is 27.2. The van der Waals surface area contributed by atoms with E-state index < -0.39 is 15.9 Å². The summed E-state index contributed by atoms with van der Waals surface area (Å²) in [7, 11) is -2.49. The van der Waals surface area contributed by atoms with E-state index in [1.54, 1.807) is 0 Å². The molecule has 0 rings (SSSR count). The molecular weight excluding hydrogens is 410 g/mol. The molecule has 1 amide bonds. The molecule has 0 aromatic heterocycles. The Hall–Kier alpha value is -0.880. The minimum atomic E-state index is -4.03. The normalized spacial score (nSPS) is 12.0. The highest BCUT2D eigenvalue weighted by atomic mass is 32.2. The second-order valence-electron chi connectivity index (χ2n) is 8.89. The molecule has 6 heteroatoms. The van der Waals surface area contributed by atoms with Crippen molar-refractivity contribution < 1.29 is 17.8 Å². The summed E-state index contributed by atoms with van der Waals surface area (Å²) in [5.41, 5.74) is 0. The molecule has 0 atom stereocenters. The zero-order valence-corrected chi connectivity index (χ0v) is 21.1. The largest absolute Gasteiger partial charge is 0.341 e. The van der Waals surface area contributed by atoms with Crippen LogP contribution in [0.25, 0.3) is 0 Å². The predicted molar refractivity (Wildman–Crippen MR) is 132 cm³/mol. The van der Waals surface area contributed by atoms with Crippen molar-refractivity contribution in [3.8, 4) is 0 Å². The van der Waals surface area contributed by atoms with Crippen molar-refractivity contribution in [3.63, 3.8) is 0 Å². The Morgan fingerprint density at radius 1 is 0.742 bits per heavy atom. The van der Waals surface area contributed by atoms with E-state index in [9.17, 15) is 13.2 Å². The fraction of sp³-hybridized carbons (Fsp3) is 0.880. The van der Waals surface area contributed by atoms with Crippen LogP contribution in [0.1, 0.15) is 122 Å². The molecule has 0 aliphatic heterocycles. The quantitative estimate of drug-likeness (QED) is 0.108. The number of allylic oxidation sites excluding steroid dienone is 1. The van der Waals surface area contributed by atoms with Gasteiger partial charge in [0.15, 0.2) is 0 Å².